The normalized spacial score (nSPS) is 18.9. The molecule has 1 fully saturated rings. The first kappa shape index (κ1) is 43.0. The second-order valence-electron chi connectivity index (χ2n) is 12.2. The molecule has 0 unspecified atom stereocenters. The molecule has 14 heteroatoms. The minimum Gasteiger partial charge on any atom is -0.489 e. The summed E-state index contributed by atoms with van der Waals surface area (Å²) < 4.78 is 25.9. The molecule has 2 atom stereocenters. The smallest absolute Gasteiger partial charge is 0.415 e. The summed E-state index contributed by atoms with van der Waals surface area (Å²) in [5.74, 6) is 2.16. The predicted octanol–water partition coefficient (Wildman–Crippen LogP) is 9.32. The first-order valence-corrected chi connectivity index (χ1v) is 18.2. The van der Waals surface area contributed by atoms with Crippen molar-refractivity contribution in [2.45, 2.75) is 112 Å². The highest BCUT2D eigenvalue weighted by Gasteiger charge is 2.42. The van der Waals surface area contributed by atoms with Gasteiger partial charge in [0.1, 0.15) is 37.1 Å². The van der Waals surface area contributed by atoms with E-state index < -0.39 is 21.0 Å². The molecule has 0 saturated heterocycles. The Morgan fingerprint density at radius 1 is 0.692 bits per heavy atom. The van der Waals surface area contributed by atoms with Crippen molar-refractivity contribution in [1.29, 1.82) is 0 Å². The SMILES string of the molecule is CC.CC.CC.CC1CCCC1.C[C@]1(COc2ccccc2)Cn2cc([N+](=O)[O-])nc2O1.C[C@]1(COc2ccccc2)Cn2cc([N+](=O)[O-])nc2O1. The highest BCUT2D eigenvalue weighted by molar-refractivity contribution is 5.26. The molecular weight excluding hydrogens is 668 g/mol. The van der Waals surface area contributed by atoms with E-state index in [1.165, 1.54) is 38.1 Å². The molecule has 2 aromatic heterocycles. The molecule has 286 valence electrons. The van der Waals surface area contributed by atoms with Crippen LogP contribution in [-0.2, 0) is 13.1 Å². The van der Waals surface area contributed by atoms with Gasteiger partial charge in [-0.2, -0.15) is 0 Å². The zero-order chi connectivity index (χ0) is 38.7. The number of aromatic nitrogens is 4. The Morgan fingerprint density at radius 2 is 1.04 bits per heavy atom. The quantitative estimate of drug-likeness (QED) is 0.127. The third kappa shape index (κ3) is 12.9. The molecule has 4 heterocycles. The molecule has 0 radical (unpaired) electrons. The van der Waals surface area contributed by atoms with Crippen LogP contribution in [0, 0.1) is 26.1 Å². The van der Waals surface area contributed by atoms with Crippen molar-refractivity contribution in [1.82, 2.24) is 19.1 Å². The Balaban J connectivity index is 0.000000277. The van der Waals surface area contributed by atoms with E-state index in [-0.39, 0.29) is 23.7 Å². The molecular formula is C38H56N6O8. The summed E-state index contributed by atoms with van der Waals surface area (Å²) in [4.78, 5) is 27.8. The number of para-hydroxylation sites is 2. The molecule has 0 spiro atoms. The average molecular weight is 725 g/mol. The largest absolute Gasteiger partial charge is 0.489 e. The van der Waals surface area contributed by atoms with Gasteiger partial charge >= 0.3 is 23.7 Å². The second-order valence-corrected chi connectivity index (χ2v) is 12.2. The van der Waals surface area contributed by atoms with Crippen molar-refractivity contribution < 1.29 is 28.8 Å². The van der Waals surface area contributed by atoms with Crippen LogP contribution in [0.3, 0.4) is 0 Å². The lowest BCUT2D eigenvalue weighted by Crippen LogP contribution is -2.38. The van der Waals surface area contributed by atoms with Gasteiger partial charge in [0.25, 0.3) is 0 Å². The Bertz CT molecular complexity index is 1460. The van der Waals surface area contributed by atoms with E-state index in [4.69, 9.17) is 18.9 Å². The summed E-state index contributed by atoms with van der Waals surface area (Å²) >= 11 is 0. The Morgan fingerprint density at radius 3 is 1.31 bits per heavy atom. The summed E-state index contributed by atoms with van der Waals surface area (Å²) in [7, 11) is 0. The van der Waals surface area contributed by atoms with Crippen LogP contribution in [0.2, 0.25) is 0 Å². The molecule has 2 aromatic carbocycles. The van der Waals surface area contributed by atoms with Crippen LogP contribution in [0.1, 0.15) is 88.0 Å². The van der Waals surface area contributed by atoms with Crippen LogP contribution >= 0.6 is 0 Å². The van der Waals surface area contributed by atoms with Gasteiger partial charge in [0.05, 0.1) is 13.1 Å². The van der Waals surface area contributed by atoms with E-state index in [2.05, 4.69) is 16.9 Å². The number of fused-ring (bicyclic) bond motifs is 2. The highest BCUT2D eigenvalue weighted by atomic mass is 16.6. The minimum absolute atomic E-state index is 0.203. The minimum atomic E-state index is -0.576. The van der Waals surface area contributed by atoms with E-state index in [1.807, 2.05) is 116 Å². The zero-order valence-electron chi connectivity index (χ0n) is 32.1. The van der Waals surface area contributed by atoms with Crippen molar-refractivity contribution in [3.8, 4) is 23.5 Å². The molecule has 52 heavy (non-hydrogen) atoms. The predicted molar refractivity (Wildman–Crippen MR) is 201 cm³/mol. The third-order valence-electron chi connectivity index (χ3n) is 7.73. The number of nitro groups is 2. The fourth-order valence-corrected chi connectivity index (χ4v) is 5.35. The molecule has 3 aliphatic rings. The zero-order valence-corrected chi connectivity index (χ0v) is 32.1. The van der Waals surface area contributed by atoms with Crippen LogP contribution < -0.4 is 18.9 Å². The fourth-order valence-electron chi connectivity index (χ4n) is 5.35. The maximum absolute atomic E-state index is 10.6. The summed E-state index contributed by atoms with van der Waals surface area (Å²) in [5, 5.41) is 21.3. The van der Waals surface area contributed by atoms with Gasteiger partial charge in [0, 0.05) is 9.97 Å². The third-order valence-corrected chi connectivity index (χ3v) is 7.73. The first-order valence-electron chi connectivity index (χ1n) is 18.2. The second kappa shape index (κ2) is 21.3. The maximum atomic E-state index is 10.6. The van der Waals surface area contributed by atoms with Gasteiger partial charge in [-0.1, -0.05) is 111 Å². The number of ether oxygens (including phenoxy) is 4. The maximum Gasteiger partial charge on any atom is 0.415 e. The van der Waals surface area contributed by atoms with Gasteiger partial charge in [0.2, 0.25) is 0 Å². The van der Waals surface area contributed by atoms with Gasteiger partial charge in [-0.15, -0.1) is 0 Å². The van der Waals surface area contributed by atoms with Gasteiger partial charge in [0.15, 0.2) is 11.2 Å². The number of imidazole rings is 2. The van der Waals surface area contributed by atoms with Crippen LogP contribution in [0.5, 0.6) is 23.5 Å². The molecule has 1 saturated carbocycles. The molecule has 2 aliphatic heterocycles. The van der Waals surface area contributed by atoms with Crippen molar-refractivity contribution in [3.05, 3.63) is 93.3 Å². The van der Waals surface area contributed by atoms with Gasteiger partial charge < -0.3 is 39.2 Å². The number of rotatable bonds is 8. The number of hydrogen-bond donors (Lipinski definition) is 0. The average Bonchev–Trinajstić information content (AvgIpc) is 3.99. The number of nitrogens with zero attached hydrogens (tertiary/aromatic N) is 6. The van der Waals surface area contributed by atoms with Crippen molar-refractivity contribution in [2.24, 2.45) is 5.92 Å². The molecule has 14 nitrogen and oxygen atoms in total. The first-order chi connectivity index (χ1) is 25.0. The Labute approximate surface area is 307 Å². The van der Waals surface area contributed by atoms with Crippen molar-refractivity contribution >= 4 is 11.6 Å². The summed E-state index contributed by atoms with van der Waals surface area (Å²) in [5.41, 5.74) is -1.15. The van der Waals surface area contributed by atoms with E-state index in [9.17, 15) is 20.2 Å². The van der Waals surface area contributed by atoms with Crippen molar-refractivity contribution in [2.75, 3.05) is 13.2 Å². The molecule has 4 aromatic rings. The summed E-state index contributed by atoms with van der Waals surface area (Å²) in [6.07, 6.45) is 8.70. The van der Waals surface area contributed by atoms with E-state index in [1.54, 1.807) is 9.13 Å². The molecule has 1 aliphatic carbocycles. The number of hydrogen-bond acceptors (Lipinski definition) is 10. The van der Waals surface area contributed by atoms with Crippen LogP contribution in [0.15, 0.2) is 73.1 Å². The summed E-state index contributed by atoms with van der Waals surface area (Å²) in [6, 6.07) is 19.4. The van der Waals surface area contributed by atoms with E-state index in [0.29, 0.717) is 26.3 Å². The van der Waals surface area contributed by atoms with Crippen LogP contribution in [0.4, 0.5) is 11.6 Å². The monoisotopic (exact) mass is 724 g/mol. The van der Waals surface area contributed by atoms with Gasteiger partial charge in [-0.3, -0.25) is 9.13 Å². The van der Waals surface area contributed by atoms with Gasteiger partial charge in [-0.05, 0) is 53.9 Å². The number of benzene rings is 2. The summed E-state index contributed by atoms with van der Waals surface area (Å²) in [6.45, 7) is 19.7. The molecule has 0 N–H and O–H groups in total. The molecule has 0 bridgehead atoms. The van der Waals surface area contributed by atoms with Crippen molar-refractivity contribution in [3.63, 3.8) is 0 Å². The lowest BCUT2D eigenvalue weighted by Gasteiger charge is -2.22. The van der Waals surface area contributed by atoms with Gasteiger partial charge in [-0.25, -0.2) is 0 Å². The standard InChI is InChI=1S/2C13H13N3O4.C6H12.3C2H6/c2*1-13(9-19-10-5-3-2-4-6-10)8-15-7-11(16(17)18)14-12(15)20-13;1-6-4-2-3-5-6;3*1-2/h2*2-7H,8-9H2,1H3;6H,2-5H2,1H3;3*1-2H3/t2*13-;;;;/m11..../s1. The highest BCUT2D eigenvalue weighted by Crippen LogP contribution is 2.32. The fraction of sp³-hybridized carbons (Fsp3) is 0.526. The molecule has 7 rings (SSSR count). The lowest BCUT2D eigenvalue weighted by atomic mass is 10.1. The van der Waals surface area contributed by atoms with E-state index in [0.717, 1.165) is 17.4 Å². The van der Waals surface area contributed by atoms with Crippen LogP contribution in [0.25, 0.3) is 0 Å². The topological polar surface area (TPSA) is 159 Å². The molecule has 0 amide bonds. The van der Waals surface area contributed by atoms with Crippen LogP contribution in [-0.4, -0.2) is 53.4 Å². The Hall–Kier alpha value is -5.14. The van der Waals surface area contributed by atoms with E-state index >= 15 is 0 Å². The Kier molecular flexibility index (Phi) is 17.6. The lowest BCUT2D eigenvalue weighted by molar-refractivity contribution is -0.389.